The van der Waals surface area contributed by atoms with E-state index in [0.717, 1.165) is 0 Å². The van der Waals surface area contributed by atoms with Gasteiger partial charge in [0.15, 0.2) is 0 Å². The number of hydrogen-bond acceptors (Lipinski definition) is 3. The molecule has 7 heteroatoms. The second-order valence-corrected chi connectivity index (χ2v) is 6.41. The number of thiophene rings is 1. The number of amides is 2. The van der Waals surface area contributed by atoms with E-state index in [0.29, 0.717) is 25.1 Å². The van der Waals surface area contributed by atoms with Crippen LogP contribution in [0.25, 0.3) is 0 Å². The van der Waals surface area contributed by atoms with Crippen LogP contribution in [0.4, 0.5) is 0 Å². The Morgan fingerprint density at radius 2 is 1.57 bits per heavy atom. The number of carbonyl (C=O) groups excluding carboxylic acids is 2. The minimum Gasteiger partial charge on any atom is -0.283 e. The smallest absolute Gasteiger partial charge is 0.262 e. The molecular formula is C7H4BBr2NO2S. The van der Waals surface area contributed by atoms with Crippen LogP contribution in [0.3, 0.4) is 0 Å². The van der Waals surface area contributed by atoms with Crippen molar-refractivity contribution in [1.82, 2.24) is 4.90 Å². The quantitative estimate of drug-likeness (QED) is 0.575. The van der Waals surface area contributed by atoms with Crippen molar-refractivity contribution in [2.45, 2.75) is 0 Å². The molecule has 2 rings (SSSR count). The number of halogens is 2. The van der Waals surface area contributed by atoms with Crippen LogP contribution in [-0.4, -0.2) is 31.0 Å². The lowest BCUT2D eigenvalue weighted by molar-refractivity contribution is 0.0681. The van der Waals surface area contributed by atoms with E-state index in [-0.39, 0.29) is 11.8 Å². The third kappa shape index (κ3) is 1.22. The monoisotopic (exact) mass is 335 g/mol. The van der Waals surface area contributed by atoms with Gasteiger partial charge in [-0.25, -0.2) is 0 Å². The first-order chi connectivity index (χ1) is 6.57. The highest BCUT2D eigenvalue weighted by atomic mass is 79.9. The Balaban J connectivity index is 2.65. The van der Waals surface area contributed by atoms with E-state index in [4.69, 9.17) is 0 Å². The first-order valence-electron chi connectivity index (χ1n) is 3.92. The Hall–Kier alpha value is -0.135. The van der Waals surface area contributed by atoms with E-state index in [2.05, 4.69) is 31.9 Å². The summed E-state index contributed by atoms with van der Waals surface area (Å²) in [5.41, 5.74) is 0.988. The van der Waals surface area contributed by atoms with Gasteiger partial charge >= 0.3 is 0 Å². The standard InChI is InChI=1S/C7H4BBr2NO2S/c8-1-11-6(12)2-3(7(11)13)5(10)14-4(2)9/h1,8H2. The fourth-order valence-electron chi connectivity index (χ4n) is 1.41. The fraction of sp³-hybridized carbons (Fsp3) is 0.143. The molecule has 0 saturated carbocycles. The molecule has 0 radical (unpaired) electrons. The number of imide groups is 1. The van der Waals surface area contributed by atoms with E-state index < -0.39 is 0 Å². The molecule has 0 unspecified atom stereocenters. The Morgan fingerprint density at radius 3 is 1.93 bits per heavy atom. The van der Waals surface area contributed by atoms with Crippen molar-refractivity contribution in [3.05, 3.63) is 18.7 Å². The molecule has 3 nitrogen and oxygen atoms in total. The Bertz CT molecular complexity index is 409. The molecule has 1 aliphatic rings. The minimum atomic E-state index is -0.207. The molecule has 0 spiro atoms. The molecule has 0 aliphatic carbocycles. The average Bonchev–Trinajstić information content (AvgIpc) is 2.53. The van der Waals surface area contributed by atoms with Crippen molar-refractivity contribution in [2.75, 3.05) is 6.44 Å². The van der Waals surface area contributed by atoms with Gasteiger partial charge in [0, 0.05) is 0 Å². The second kappa shape index (κ2) is 3.46. The zero-order valence-corrected chi connectivity index (χ0v) is 11.1. The highest BCUT2D eigenvalue weighted by Crippen LogP contribution is 2.41. The summed E-state index contributed by atoms with van der Waals surface area (Å²) in [5.74, 6) is -0.414. The highest BCUT2D eigenvalue weighted by molar-refractivity contribution is 9.12. The van der Waals surface area contributed by atoms with E-state index in [1.807, 2.05) is 0 Å². The molecule has 0 fully saturated rings. The Morgan fingerprint density at radius 1 is 1.14 bits per heavy atom. The lowest BCUT2D eigenvalue weighted by Crippen LogP contribution is -2.31. The maximum Gasteiger partial charge on any atom is 0.262 e. The highest BCUT2D eigenvalue weighted by Gasteiger charge is 2.39. The van der Waals surface area contributed by atoms with Crippen LogP contribution in [0.5, 0.6) is 0 Å². The molecular weight excluding hydrogens is 333 g/mol. The van der Waals surface area contributed by atoms with Gasteiger partial charge in [0.1, 0.15) is 7.85 Å². The summed E-state index contributed by atoms with van der Waals surface area (Å²) in [4.78, 5) is 24.7. The Kier molecular flexibility index (Phi) is 2.57. The van der Waals surface area contributed by atoms with Gasteiger partial charge in [-0.1, -0.05) is 0 Å². The van der Waals surface area contributed by atoms with E-state index in [1.54, 1.807) is 7.85 Å². The molecule has 1 aliphatic heterocycles. The molecule has 2 amide bonds. The lowest BCUT2D eigenvalue weighted by atomic mass is 10.1. The summed E-state index contributed by atoms with van der Waals surface area (Å²) in [5, 5.41) is 0. The van der Waals surface area contributed by atoms with Crippen LogP contribution in [0.1, 0.15) is 20.7 Å². The second-order valence-electron chi connectivity index (χ2n) is 2.75. The summed E-state index contributed by atoms with van der Waals surface area (Å²) < 4.78 is 1.43. The van der Waals surface area contributed by atoms with Crippen LogP contribution in [0.15, 0.2) is 7.57 Å². The molecule has 0 bridgehead atoms. The van der Waals surface area contributed by atoms with Gasteiger partial charge in [0.25, 0.3) is 11.8 Å². The van der Waals surface area contributed by atoms with Crippen molar-refractivity contribution in [1.29, 1.82) is 0 Å². The zero-order chi connectivity index (χ0) is 10.5. The van der Waals surface area contributed by atoms with Crippen molar-refractivity contribution in [3.8, 4) is 0 Å². The van der Waals surface area contributed by atoms with Crippen LogP contribution in [-0.2, 0) is 0 Å². The van der Waals surface area contributed by atoms with Crippen LogP contribution in [0, 0.1) is 0 Å². The summed E-state index contributed by atoms with van der Waals surface area (Å²) in [6.07, 6.45) is 0.413. The van der Waals surface area contributed by atoms with E-state index in [9.17, 15) is 9.59 Å². The maximum atomic E-state index is 11.7. The number of fused-ring (bicyclic) bond motifs is 1. The van der Waals surface area contributed by atoms with Gasteiger partial charge in [-0.2, -0.15) is 0 Å². The molecule has 14 heavy (non-hydrogen) atoms. The van der Waals surface area contributed by atoms with E-state index >= 15 is 0 Å². The zero-order valence-electron chi connectivity index (χ0n) is 7.13. The largest absolute Gasteiger partial charge is 0.283 e. The summed E-state index contributed by atoms with van der Waals surface area (Å²) in [6, 6.07) is 0. The molecule has 1 aromatic heterocycles. The number of nitrogens with zero attached hydrogens (tertiary/aromatic N) is 1. The predicted molar refractivity (Wildman–Crippen MR) is 63.6 cm³/mol. The number of rotatable bonds is 1. The SMILES string of the molecule is BCN1C(=O)c2c(Br)sc(Br)c2C1=O. The molecule has 0 atom stereocenters. The third-order valence-electron chi connectivity index (χ3n) is 2.06. The third-order valence-corrected chi connectivity index (χ3v) is 4.59. The topological polar surface area (TPSA) is 37.4 Å². The molecule has 0 saturated heterocycles. The summed E-state index contributed by atoms with van der Waals surface area (Å²) in [7, 11) is 1.78. The molecule has 0 N–H and O–H groups in total. The molecule has 1 aromatic rings. The van der Waals surface area contributed by atoms with Gasteiger partial charge in [-0.3, -0.25) is 14.5 Å². The predicted octanol–water partition coefficient (Wildman–Crippen LogP) is 1.46. The molecule has 72 valence electrons. The first kappa shape index (κ1) is 10.4. The van der Waals surface area contributed by atoms with Crippen molar-refractivity contribution < 1.29 is 9.59 Å². The van der Waals surface area contributed by atoms with Gasteiger partial charge in [0.2, 0.25) is 0 Å². The normalized spacial score (nSPS) is 15.1. The van der Waals surface area contributed by atoms with Crippen LogP contribution >= 0.6 is 43.2 Å². The summed E-state index contributed by atoms with van der Waals surface area (Å²) >= 11 is 7.92. The average molecular weight is 337 g/mol. The van der Waals surface area contributed by atoms with Crippen molar-refractivity contribution in [2.24, 2.45) is 0 Å². The fourth-order valence-corrected chi connectivity index (χ4v) is 4.51. The van der Waals surface area contributed by atoms with Crippen molar-refractivity contribution >= 4 is 62.9 Å². The van der Waals surface area contributed by atoms with Crippen LogP contribution in [0.2, 0.25) is 0 Å². The molecule has 0 aromatic carbocycles. The van der Waals surface area contributed by atoms with Crippen LogP contribution < -0.4 is 0 Å². The van der Waals surface area contributed by atoms with Gasteiger partial charge in [-0.05, 0) is 38.3 Å². The van der Waals surface area contributed by atoms with Gasteiger partial charge in [0.05, 0.1) is 18.7 Å². The minimum absolute atomic E-state index is 0.207. The first-order valence-corrected chi connectivity index (χ1v) is 6.32. The lowest BCUT2D eigenvalue weighted by Gasteiger charge is -2.10. The van der Waals surface area contributed by atoms with Gasteiger partial charge in [-0.15, -0.1) is 11.3 Å². The molecule has 2 heterocycles. The number of hydrogen-bond donors (Lipinski definition) is 0. The number of carbonyl (C=O) groups is 2. The Labute approximate surface area is 102 Å². The van der Waals surface area contributed by atoms with E-state index in [1.165, 1.54) is 16.2 Å². The maximum absolute atomic E-state index is 11.7. The van der Waals surface area contributed by atoms with Gasteiger partial charge < -0.3 is 0 Å². The van der Waals surface area contributed by atoms with Crippen molar-refractivity contribution in [3.63, 3.8) is 0 Å². The summed E-state index contributed by atoms with van der Waals surface area (Å²) in [6.45, 7) is 0.